The Labute approximate surface area is 131 Å². The molecule has 1 aliphatic heterocycles. The molecule has 1 aromatic carbocycles. The number of likely N-dealkylation sites (N-methyl/N-ethyl adjacent to an activating group) is 1. The first-order valence-electron chi connectivity index (χ1n) is 6.22. The van der Waals surface area contributed by atoms with Crippen LogP contribution in [0.15, 0.2) is 21.1 Å². The fourth-order valence-electron chi connectivity index (χ4n) is 2.28. The van der Waals surface area contributed by atoms with Gasteiger partial charge in [0.15, 0.2) is 0 Å². The molecule has 104 valence electrons. The Morgan fingerprint density at radius 3 is 2.26 bits per heavy atom. The Kier molecular flexibility index (Phi) is 4.10. The number of amides is 1. The molecule has 0 aliphatic carbocycles. The van der Waals surface area contributed by atoms with E-state index in [4.69, 9.17) is 0 Å². The third-order valence-corrected chi connectivity index (χ3v) is 5.42. The lowest BCUT2D eigenvalue weighted by molar-refractivity contribution is -0.129. The molecule has 1 saturated heterocycles. The second-order valence-corrected chi connectivity index (χ2v) is 7.25. The summed E-state index contributed by atoms with van der Waals surface area (Å²) in [7, 11) is 1.84. The molecule has 19 heavy (non-hydrogen) atoms. The number of hydrogen-bond donors (Lipinski definition) is 1. The first kappa shape index (κ1) is 15.0. The summed E-state index contributed by atoms with van der Waals surface area (Å²) in [5.41, 5.74) is 2.04. The highest BCUT2D eigenvalue weighted by atomic mass is 79.9. The normalized spacial score (nSPS) is 22.1. The monoisotopic (exact) mass is 388 g/mol. The summed E-state index contributed by atoms with van der Waals surface area (Å²) in [6.07, 6.45) is 0.698. The second-order valence-electron chi connectivity index (χ2n) is 5.54. The Morgan fingerprint density at radius 2 is 1.84 bits per heavy atom. The molecule has 1 N–H and O–H groups in total. The van der Waals surface area contributed by atoms with Crippen LogP contribution in [0.2, 0.25) is 0 Å². The molecule has 1 fully saturated rings. The van der Waals surface area contributed by atoms with E-state index in [0.717, 1.165) is 14.5 Å². The van der Waals surface area contributed by atoms with E-state index >= 15 is 0 Å². The van der Waals surface area contributed by atoms with Crippen LogP contribution in [0.5, 0.6) is 0 Å². The van der Waals surface area contributed by atoms with E-state index in [1.54, 1.807) is 4.90 Å². The van der Waals surface area contributed by atoms with Crippen molar-refractivity contribution in [3.8, 4) is 0 Å². The number of halogens is 2. The third kappa shape index (κ3) is 2.88. The summed E-state index contributed by atoms with van der Waals surface area (Å²) in [6.45, 7) is 6.09. The quantitative estimate of drug-likeness (QED) is 0.842. The standard InChI is InChI=1S/C14H18Br2N2O/c1-8-10(15)5-9(6-11(8)16)7-12-13(19)18(4)14(2,3)17-12/h5-6,12,17H,7H2,1-4H3/t12-/m0/s1. The molecule has 1 atom stereocenters. The van der Waals surface area contributed by atoms with Gasteiger partial charge >= 0.3 is 0 Å². The molecule has 0 radical (unpaired) electrons. The maximum absolute atomic E-state index is 12.2. The zero-order valence-electron chi connectivity index (χ0n) is 11.6. The number of carbonyl (C=O) groups is 1. The van der Waals surface area contributed by atoms with E-state index < -0.39 is 0 Å². The molecule has 0 unspecified atom stereocenters. The lowest BCUT2D eigenvalue weighted by Gasteiger charge is -2.27. The van der Waals surface area contributed by atoms with E-state index in [-0.39, 0.29) is 17.6 Å². The molecule has 0 spiro atoms. The van der Waals surface area contributed by atoms with E-state index in [1.165, 1.54) is 5.56 Å². The largest absolute Gasteiger partial charge is 0.327 e. The zero-order valence-corrected chi connectivity index (χ0v) is 14.7. The highest BCUT2D eigenvalue weighted by Gasteiger charge is 2.41. The molecule has 1 amide bonds. The topological polar surface area (TPSA) is 32.3 Å². The molecular weight excluding hydrogens is 372 g/mol. The van der Waals surface area contributed by atoms with Gasteiger partial charge in [-0.1, -0.05) is 31.9 Å². The highest BCUT2D eigenvalue weighted by Crippen LogP contribution is 2.28. The smallest absolute Gasteiger partial charge is 0.241 e. The maximum atomic E-state index is 12.2. The molecule has 0 saturated carbocycles. The minimum atomic E-state index is -0.277. The van der Waals surface area contributed by atoms with Crippen LogP contribution in [0, 0.1) is 6.92 Å². The number of hydrogen-bond acceptors (Lipinski definition) is 2. The summed E-state index contributed by atoms with van der Waals surface area (Å²) >= 11 is 7.10. The average molecular weight is 390 g/mol. The molecule has 1 aromatic rings. The van der Waals surface area contributed by atoms with Crippen molar-refractivity contribution in [2.45, 2.75) is 38.9 Å². The Hall–Kier alpha value is -0.390. The molecule has 2 rings (SSSR count). The minimum Gasteiger partial charge on any atom is -0.327 e. The third-order valence-electron chi connectivity index (χ3n) is 3.78. The van der Waals surface area contributed by atoms with Gasteiger partial charge in [-0.2, -0.15) is 0 Å². The van der Waals surface area contributed by atoms with Crippen LogP contribution in [-0.2, 0) is 11.2 Å². The van der Waals surface area contributed by atoms with Crippen molar-refractivity contribution in [3.05, 3.63) is 32.2 Å². The molecular formula is C14H18Br2N2O. The van der Waals surface area contributed by atoms with Crippen LogP contribution < -0.4 is 5.32 Å². The van der Waals surface area contributed by atoms with Gasteiger partial charge in [-0.15, -0.1) is 0 Å². The molecule has 1 heterocycles. The van der Waals surface area contributed by atoms with Crippen molar-refractivity contribution in [3.63, 3.8) is 0 Å². The first-order chi connectivity index (χ1) is 8.72. The lowest BCUT2D eigenvalue weighted by Crippen LogP contribution is -2.45. The van der Waals surface area contributed by atoms with Gasteiger partial charge in [-0.3, -0.25) is 10.1 Å². The summed E-state index contributed by atoms with van der Waals surface area (Å²) in [5.74, 6) is 0.151. The lowest BCUT2D eigenvalue weighted by atomic mass is 10.0. The average Bonchev–Trinajstić information content (AvgIpc) is 2.50. The first-order valence-corrected chi connectivity index (χ1v) is 7.81. The predicted octanol–water partition coefficient (Wildman–Crippen LogP) is 3.23. The molecule has 0 aromatic heterocycles. The summed E-state index contributed by atoms with van der Waals surface area (Å²) in [5, 5.41) is 3.38. The van der Waals surface area contributed by atoms with Gasteiger partial charge in [-0.05, 0) is 50.5 Å². The zero-order chi connectivity index (χ0) is 14.4. The molecule has 5 heteroatoms. The van der Waals surface area contributed by atoms with Gasteiger partial charge in [0.2, 0.25) is 5.91 Å². The highest BCUT2D eigenvalue weighted by molar-refractivity contribution is 9.11. The SMILES string of the molecule is Cc1c(Br)cc(C[C@@H]2NC(C)(C)N(C)C2=O)cc1Br. The van der Waals surface area contributed by atoms with Crippen molar-refractivity contribution in [2.75, 3.05) is 7.05 Å². The number of nitrogens with zero attached hydrogens (tertiary/aromatic N) is 1. The fraction of sp³-hybridized carbons (Fsp3) is 0.500. The maximum Gasteiger partial charge on any atom is 0.241 e. The summed E-state index contributed by atoms with van der Waals surface area (Å²) in [6, 6.07) is 4.02. The van der Waals surface area contributed by atoms with Gasteiger partial charge in [0.05, 0.1) is 11.7 Å². The second kappa shape index (κ2) is 5.19. The Morgan fingerprint density at radius 1 is 1.32 bits per heavy atom. The van der Waals surface area contributed by atoms with Gasteiger partial charge in [-0.25, -0.2) is 0 Å². The van der Waals surface area contributed by atoms with Crippen LogP contribution in [0.25, 0.3) is 0 Å². The number of carbonyl (C=O) groups excluding carboxylic acids is 1. The number of nitrogens with one attached hydrogen (secondary N) is 1. The summed E-state index contributed by atoms with van der Waals surface area (Å²) < 4.78 is 2.13. The van der Waals surface area contributed by atoms with E-state index in [1.807, 2.05) is 27.8 Å². The number of rotatable bonds is 2. The Bertz CT molecular complexity index is 505. The van der Waals surface area contributed by atoms with Crippen molar-refractivity contribution in [1.29, 1.82) is 0 Å². The van der Waals surface area contributed by atoms with Crippen LogP contribution in [0.3, 0.4) is 0 Å². The van der Waals surface area contributed by atoms with Crippen LogP contribution in [-0.4, -0.2) is 29.6 Å². The van der Waals surface area contributed by atoms with Gasteiger partial charge in [0.25, 0.3) is 0 Å². The van der Waals surface area contributed by atoms with Crippen LogP contribution >= 0.6 is 31.9 Å². The molecule has 1 aliphatic rings. The van der Waals surface area contributed by atoms with Crippen molar-refractivity contribution >= 4 is 37.8 Å². The van der Waals surface area contributed by atoms with E-state index in [2.05, 4.69) is 49.3 Å². The molecule has 3 nitrogen and oxygen atoms in total. The minimum absolute atomic E-state index is 0.151. The van der Waals surface area contributed by atoms with Crippen LogP contribution in [0.1, 0.15) is 25.0 Å². The van der Waals surface area contributed by atoms with Crippen molar-refractivity contribution < 1.29 is 4.79 Å². The van der Waals surface area contributed by atoms with Crippen molar-refractivity contribution in [1.82, 2.24) is 10.2 Å². The van der Waals surface area contributed by atoms with Crippen molar-refractivity contribution in [2.24, 2.45) is 0 Å². The van der Waals surface area contributed by atoms with Crippen LogP contribution in [0.4, 0.5) is 0 Å². The van der Waals surface area contributed by atoms with E-state index in [9.17, 15) is 4.79 Å². The van der Waals surface area contributed by atoms with Gasteiger partial charge in [0.1, 0.15) is 0 Å². The Balaban J connectivity index is 2.21. The fourth-order valence-corrected chi connectivity index (χ4v) is 3.57. The van der Waals surface area contributed by atoms with E-state index in [0.29, 0.717) is 6.42 Å². The molecule has 0 bridgehead atoms. The number of benzene rings is 1. The predicted molar refractivity (Wildman–Crippen MR) is 84.1 cm³/mol. The summed E-state index contributed by atoms with van der Waals surface area (Å²) in [4.78, 5) is 14.0. The van der Waals surface area contributed by atoms with Gasteiger partial charge in [0, 0.05) is 16.0 Å². The van der Waals surface area contributed by atoms with Gasteiger partial charge < -0.3 is 4.90 Å².